The van der Waals surface area contributed by atoms with Crippen molar-refractivity contribution in [2.45, 2.75) is 6.92 Å². The fourth-order valence-corrected chi connectivity index (χ4v) is 2.65. The molecule has 0 atom stereocenters. The van der Waals surface area contributed by atoms with E-state index < -0.39 is 11.6 Å². The normalized spacial score (nSPS) is 15.4. The van der Waals surface area contributed by atoms with Gasteiger partial charge in [0.15, 0.2) is 11.6 Å². The summed E-state index contributed by atoms with van der Waals surface area (Å²) in [4.78, 5) is 29.8. The van der Waals surface area contributed by atoms with Crippen molar-refractivity contribution < 1.29 is 18.4 Å². The quantitative estimate of drug-likeness (QED) is 0.872. The van der Waals surface area contributed by atoms with E-state index in [1.54, 1.807) is 9.80 Å². The van der Waals surface area contributed by atoms with E-state index in [0.29, 0.717) is 31.7 Å². The summed E-state index contributed by atoms with van der Waals surface area (Å²) in [5.74, 6) is -2.20. The van der Waals surface area contributed by atoms with Gasteiger partial charge in [-0.25, -0.2) is 8.78 Å². The summed E-state index contributed by atoms with van der Waals surface area (Å²) < 4.78 is 26.9. The molecule has 5 nitrogen and oxygen atoms in total. The Balaban J connectivity index is 1.81. The predicted octanol–water partition coefficient (Wildman–Crippen LogP) is 1.75. The Morgan fingerprint density at radius 3 is 2.36 bits per heavy atom. The van der Waals surface area contributed by atoms with Gasteiger partial charge >= 0.3 is 0 Å². The number of carbonyl (C=O) groups excluding carboxylic acids is 2. The van der Waals surface area contributed by atoms with Crippen molar-refractivity contribution in [3.05, 3.63) is 35.5 Å². The molecule has 0 radical (unpaired) electrons. The molecule has 1 aromatic heterocycles. The first-order valence-corrected chi connectivity index (χ1v) is 6.99. The molecule has 1 N–H and O–H groups in total. The number of hydrogen-bond donors (Lipinski definition) is 1. The van der Waals surface area contributed by atoms with E-state index in [1.807, 2.05) is 0 Å². The van der Waals surface area contributed by atoms with Crippen molar-refractivity contribution in [2.75, 3.05) is 26.2 Å². The van der Waals surface area contributed by atoms with Gasteiger partial charge < -0.3 is 14.8 Å². The Hall–Kier alpha value is -2.44. The summed E-state index contributed by atoms with van der Waals surface area (Å²) in [5, 5.41) is 0.0609. The number of aromatic amines is 1. The second kappa shape index (κ2) is 5.40. The molecule has 1 aliphatic heterocycles. The molecule has 116 valence electrons. The van der Waals surface area contributed by atoms with Gasteiger partial charge in [0.2, 0.25) is 5.91 Å². The molecule has 1 aliphatic rings. The maximum atomic E-state index is 13.7. The van der Waals surface area contributed by atoms with Crippen LogP contribution in [-0.4, -0.2) is 52.8 Å². The average molecular weight is 307 g/mol. The molecule has 1 fully saturated rings. The summed E-state index contributed by atoms with van der Waals surface area (Å²) in [6.07, 6.45) is 0. The van der Waals surface area contributed by atoms with E-state index >= 15 is 0 Å². The molecule has 0 aliphatic carbocycles. The number of benzene rings is 1. The number of carbonyl (C=O) groups is 2. The minimum Gasteiger partial charge on any atom is -0.350 e. The van der Waals surface area contributed by atoms with E-state index in [-0.39, 0.29) is 22.9 Å². The van der Waals surface area contributed by atoms with Crippen LogP contribution in [0.15, 0.2) is 18.2 Å². The summed E-state index contributed by atoms with van der Waals surface area (Å²) in [6, 6.07) is 3.75. The molecule has 0 unspecified atom stereocenters. The van der Waals surface area contributed by atoms with Crippen molar-refractivity contribution >= 4 is 22.7 Å². The second-order valence-corrected chi connectivity index (χ2v) is 5.30. The lowest BCUT2D eigenvalue weighted by molar-refractivity contribution is -0.130. The molecule has 2 amide bonds. The standard InChI is InChI=1S/C15H15F2N3O2/c1-9(21)19-4-6-20(7-5-19)15(22)13-8-10-12(18-13)3-2-11(16)14(10)17/h2-3,8,18H,4-7H2,1H3. The van der Waals surface area contributed by atoms with Crippen molar-refractivity contribution in [3.8, 4) is 0 Å². The van der Waals surface area contributed by atoms with Crippen LogP contribution in [0.2, 0.25) is 0 Å². The topological polar surface area (TPSA) is 56.4 Å². The number of piperazine rings is 1. The first-order valence-electron chi connectivity index (χ1n) is 6.99. The maximum Gasteiger partial charge on any atom is 0.270 e. The fourth-order valence-electron chi connectivity index (χ4n) is 2.65. The van der Waals surface area contributed by atoms with Gasteiger partial charge in [0, 0.05) is 44.0 Å². The van der Waals surface area contributed by atoms with Crippen LogP contribution >= 0.6 is 0 Å². The Bertz CT molecular complexity index is 749. The van der Waals surface area contributed by atoms with Gasteiger partial charge in [0.25, 0.3) is 5.91 Å². The largest absolute Gasteiger partial charge is 0.350 e. The minimum absolute atomic E-state index is 0.0183. The van der Waals surface area contributed by atoms with Crippen LogP contribution in [0, 0.1) is 11.6 Å². The molecule has 0 spiro atoms. The summed E-state index contributed by atoms with van der Waals surface area (Å²) in [7, 11) is 0. The van der Waals surface area contributed by atoms with Gasteiger partial charge in [-0.3, -0.25) is 9.59 Å². The zero-order chi connectivity index (χ0) is 15.9. The Kier molecular flexibility index (Phi) is 3.56. The number of aromatic nitrogens is 1. The molecule has 0 bridgehead atoms. The Morgan fingerprint density at radius 1 is 1.09 bits per heavy atom. The zero-order valence-corrected chi connectivity index (χ0v) is 12.0. The van der Waals surface area contributed by atoms with Crippen LogP contribution in [0.25, 0.3) is 10.9 Å². The molecule has 7 heteroatoms. The zero-order valence-electron chi connectivity index (χ0n) is 12.0. The molecule has 22 heavy (non-hydrogen) atoms. The third-order valence-corrected chi connectivity index (χ3v) is 3.93. The molecular formula is C15H15F2N3O2. The number of nitrogens with one attached hydrogen (secondary N) is 1. The monoisotopic (exact) mass is 307 g/mol. The van der Waals surface area contributed by atoms with E-state index in [2.05, 4.69) is 4.98 Å². The predicted molar refractivity (Wildman–Crippen MR) is 76.4 cm³/mol. The molecule has 1 aromatic carbocycles. The number of hydrogen-bond acceptors (Lipinski definition) is 2. The number of fused-ring (bicyclic) bond motifs is 1. The molecule has 0 saturated carbocycles. The summed E-state index contributed by atoms with van der Waals surface area (Å²) >= 11 is 0. The highest BCUT2D eigenvalue weighted by Gasteiger charge is 2.24. The lowest BCUT2D eigenvalue weighted by Gasteiger charge is -2.33. The van der Waals surface area contributed by atoms with Gasteiger partial charge in [-0.05, 0) is 18.2 Å². The average Bonchev–Trinajstić information content (AvgIpc) is 2.95. The highest BCUT2D eigenvalue weighted by Crippen LogP contribution is 2.22. The minimum atomic E-state index is -0.964. The van der Waals surface area contributed by atoms with Crippen molar-refractivity contribution in [2.24, 2.45) is 0 Å². The highest BCUT2D eigenvalue weighted by atomic mass is 19.2. The Labute approximate surface area is 125 Å². The van der Waals surface area contributed by atoms with E-state index in [9.17, 15) is 18.4 Å². The van der Waals surface area contributed by atoms with Crippen LogP contribution in [0.4, 0.5) is 8.78 Å². The third kappa shape index (κ3) is 2.43. The maximum absolute atomic E-state index is 13.7. The number of rotatable bonds is 1. The van der Waals surface area contributed by atoms with Crippen molar-refractivity contribution in [1.82, 2.24) is 14.8 Å². The van der Waals surface area contributed by atoms with Gasteiger partial charge in [-0.1, -0.05) is 0 Å². The fraction of sp³-hybridized carbons (Fsp3) is 0.333. The molecular weight excluding hydrogens is 292 g/mol. The smallest absolute Gasteiger partial charge is 0.270 e. The second-order valence-electron chi connectivity index (χ2n) is 5.30. The third-order valence-electron chi connectivity index (χ3n) is 3.93. The number of amides is 2. The number of halogens is 2. The lowest BCUT2D eigenvalue weighted by Crippen LogP contribution is -2.50. The van der Waals surface area contributed by atoms with E-state index in [1.165, 1.54) is 19.1 Å². The number of H-pyrrole nitrogens is 1. The van der Waals surface area contributed by atoms with Gasteiger partial charge in [0.1, 0.15) is 5.69 Å². The van der Waals surface area contributed by atoms with E-state index in [0.717, 1.165) is 6.07 Å². The van der Waals surface area contributed by atoms with Gasteiger partial charge in [0.05, 0.1) is 0 Å². The molecule has 1 saturated heterocycles. The van der Waals surface area contributed by atoms with Crippen LogP contribution in [0.3, 0.4) is 0 Å². The summed E-state index contributed by atoms with van der Waals surface area (Å²) in [5.41, 5.74) is 0.598. The highest BCUT2D eigenvalue weighted by molar-refractivity contribution is 5.98. The van der Waals surface area contributed by atoms with Crippen LogP contribution in [-0.2, 0) is 4.79 Å². The molecule has 2 aromatic rings. The number of nitrogens with zero attached hydrogens (tertiary/aromatic N) is 2. The van der Waals surface area contributed by atoms with Crippen LogP contribution in [0.5, 0.6) is 0 Å². The SMILES string of the molecule is CC(=O)N1CCN(C(=O)c2cc3c(F)c(F)ccc3[nH]2)CC1. The van der Waals surface area contributed by atoms with Gasteiger partial charge in [-0.2, -0.15) is 0 Å². The Morgan fingerprint density at radius 2 is 1.73 bits per heavy atom. The molecule has 3 rings (SSSR count). The summed E-state index contributed by atoms with van der Waals surface area (Å²) in [6.45, 7) is 3.29. The lowest BCUT2D eigenvalue weighted by atomic mass is 10.2. The first kappa shape index (κ1) is 14.5. The van der Waals surface area contributed by atoms with Crippen molar-refractivity contribution in [1.29, 1.82) is 0 Å². The van der Waals surface area contributed by atoms with Gasteiger partial charge in [-0.15, -0.1) is 0 Å². The van der Waals surface area contributed by atoms with Crippen LogP contribution in [0.1, 0.15) is 17.4 Å². The van der Waals surface area contributed by atoms with E-state index in [4.69, 9.17) is 0 Å². The first-order chi connectivity index (χ1) is 10.5. The molecule has 2 heterocycles. The van der Waals surface area contributed by atoms with Crippen LogP contribution < -0.4 is 0 Å². The van der Waals surface area contributed by atoms with Crippen molar-refractivity contribution in [3.63, 3.8) is 0 Å².